The van der Waals surface area contributed by atoms with Crippen molar-refractivity contribution in [2.24, 2.45) is 5.92 Å². The highest BCUT2D eigenvalue weighted by atomic mass is 16.3. The maximum atomic E-state index is 9.31. The van der Waals surface area contributed by atoms with Crippen molar-refractivity contribution in [3.05, 3.63) is 11.8 Å². The molecule has 0 heterocycles. The Kier molecular flexibility index (Phi) is 2.97. The van der Waals surface area contributed by atoms with Crippen LogP contribution in [0.3, 0.4) is 0 Å². The minimum atomic E-state index is 0.267. The van der Waals surface area contributed by atoms with E-state index in [1.807, 2.05) is 6.07 Å². The molecule has 2 heteroatoms. The third-order valence-corrected chi connectivity index (χ3v) is 2.24. The molecule has 60 valence electrons. The molecular formula is C9H13NO. The molecule has 1 aliphatic carbocycles. The summed E-state index contributed by atoms with van der Waals surface area (Å²) >= 11 is 0. The van der Waals surface area contributed by atoms with Gasteiger partial charge in [0.05, 0.1) is 12.1 Å². The first kappa shape index (κ1) is 8.13. The quantitative estimate of drug-likeness (QED) is 0.462. The monoisotopic (exact) mass is 151 g/mol. The second kappa shape index (κ2) is 4.02. The number of aliphatic hydroxyl groups excluding tert-OH is 1. The second-order valence-corrected chi connectivity index (χ2v) is 3.03. The molecule has 0 unspecified atom stereocenters. The van der Waals surface area contributed by atoms with E-state index in [2.05, 4.69) is 0 Å². The molecule has 1 saturated carbocycles. The van der Waals surface area contributed by atoms with Gasteiger partial charge in [0.1, 0.15) is 5.76 Å². The Labute approximate surface area is 67.2 Å². The lowest BCUT2D eigenvalue weighted by molar-refractivity contribution is 0.276. The van der Waals surface area contributed by atoms with Crippen molar-refractivity contribution in [2.75, 3.05) is 0 Å². The van der Waals surface area contributed by atoms with E-state index >= 15 is 0 Å². The summed E-state index contributed by atoms with van der Waals surface area (Å²) < 4.78 is 0. The van der Waals surface area contributed by atoms with Gasteiger partial charge in [0.15, 0.2) is 0 Å². The Balaban J connectivity index is 2.46. The Bertz CT molecular complexity index is 184. The maximum Gasteiger partial charge on any atom is 0.106 e. The van der Waals surface area contributed by atoms with Crippen LogP contribution in [0.25, 0.3) is 0 Å². The summed E-state index contributed by atoms with van der Waals surface area (Å²) in [6, 6.07) is 1.85. The molecule has 0 aromatic heterocycles. The molecule has 0 radical (unpaired) electrons. The number of aliphatic hydroxyl groups is 1. The topological polar surface area (TPSA) is 44.0 Å². The molecule has 0 bridgehead atoms. The molecule has 0 saturated heterocycles. The first-order valence-electron chi connectivity index (χ1n) is 4.13. The van der Waals surface area contributed by atoms with Crippen LogP contribution >= 0.6 is 0 Å². The first-order valence-corrected chi connectivity index (χ1v) is 4.13. The molecule has 1 fully saturated rings. The summed E-state index contributed by atoms with van der Waals surface area (Å²) in [5.41, 5.74) is 0. The Hall–Kier alpha value is -0.970. The second-order valence-electron chi connectivity index (χ2n) is 3.03. The van der Waals surface area contributed by atoms with Crippen LogP contribution in [0, 0.1) is 17.2 Å². The Morgan fingerprint density at radius 1 is 1.36 bits per heavy atom. The summed E-state index contributed by atoms with van der Waals surface area (Å²) in [5, 5.41) is 17.6. The van der Waals surface area contributed by atoms with E-state index in [-0.39, 0.29) is 11.7 Å². The molecule has 1 N–H and O–H groups in total. The van der Waals surface area contributed by atoms with Crippen molar-refractivity contribution in [1.82, 2.24) is 0 Å². The zero-order valence-electron chi connectivity index (χ0n) is 6.58. The van der Waals surface area contributed by atoms with Crippen LogP contribution in [-0.4, -0.2) is 5.11 Å². The molecule has 1 aliphatic rings. The molecule has 2 nitrogen and oxygen atoms in total. The highest BCUT2D eigenvalue weighted by molar-refractivity contribution is 5.09. The molecule has 1 rings (SSSR count). The average molecular weight is 151 g/mol. The average Bonchev–Trinajstić information content (AvgIpc) is 2.07. The number of allylic oxidation sites excluding steroid dienone is 2. The Morgan fingerprint density at radius 3 is 2.55 bits per heavy atom. The van der Waals surface area contributed by atoms with Crippen LogP contribution < -0.4 is 0 Å². The van der Waals surface area contributed by atoms with Crippen LogP contribution in [0.1, 0.15) is 32.1 Å². The predicted octanol–water partition coefficient (Wildman–Crippen LogP) is 2.53. The van der Waals surface area contributed by atoms with E-state index in [0.29, 0.717) is 0 Å². The van der Waals surface area contributed by atoms with Crippen molar-refractivity contribution in [3.63, 3.8) is 0 Å². The van der Waals surface area contributed by atoms with Gasteiger partial charge in [-0.25, -0.2) is 0 Å². The molecular weight excluding hydrogens is 138 g/mol. The smallest absolute Gasteiger partial charge is 0.106 e. The number of nitrogens with zero attached hydrogens (tertiary/aromatic N) is 1. The van der Waals surface area contributed by atoms with Crippen molar-refractivity contribution in [2.45, 2.75) is 32.1 Å². The molecule has 0 amide bonds. The number of rotatable bonds is 1. The Morgan fingerprint density at radius 2 is 2.00 bits per heavy atom. The zero-order valence-corrected chi connectivity index (χ0v) is 6.58. The third kappa shape index (κ3) is 2.27. The highest BCUT2D eigenvalue weighted by Crippen LogP contribution is 2.27. The van der Waals surface area contributed by atoms with Crippen LogP contribution in [0.4, 0.5) is 0 Å². The van der Waals surface area contributed by atoms with Crippen LogP contribution in [0.15, 0.2) is 11.8 Å². The minimum absolute atomic E-state index is 0.267. The summed E-state index contributed by atoms with van der Waals surface area (Å²) in [7, 11) is 0. The molecule has 0 spiro atoms. The molecule has 0 aliphatic heterocycles. The van der Waals surface area contributed by atoms with Gasteiger partial charge in [0.25, 0.3) is 0 Å². The van der Waals surface area contributed by atoms with E-state index in [9.17, 15) is 5.11 Å². The zero-order chi connectivity index (χ0) is 8.10. The highest BCUT2D eigenvalue weighted by Gasteiger charge is 2.16. The van der Waals surface area contributed by atoms with Gasteiger partial charge in [0, 0.05) is 5.92 Å². The number of hydrogen-bond acceptors (Lipinski definition) is 2. The van der Waals surface area contributed by atoms with E-state index in [0.717, 1.165) is 12.8 Å². The summed E-state index contributed by atoms with van der Waals surface area (Å²) in [6.45, 7) is 0. The van der Waals surface area contributed by atoms with Gasteiger partial charge in [-0.3, -0.25) is 0 Å². The standard InChI is InChI=1S/C9H13NO/c10-7-6-9(11)8-4-2-1-3-5-8/h6,8,11H,1-5H2/b9-6-. The van der Waals surface area contributed by atoms with Crippen molar-refractivity contribution < 1.29 is 5.11 Å². The van der Waals surface area contributed by atoms with Gasteiger partial charge in [-0.1, -0.05) is 19.3 Å². The van der Waals surface area contributed by atoms with E-state index in [4.69, 9.17) is 5.26 Å². The lowest BCUT2D eigenvalue weighted by Crippen LogP contribution is -2.08. The first-order chi connectivity index (χ1) is 5.34. The van der Waals surface area contributed by atoms with Gasteiger partial charge in [0.2, 0.25) is 0 Å². The summed E-state index contributed by atoms with van der Waals surface area (Å²) in [4.78, 5) is 0. The maximum absolute atomic E-state index is 9.31. The SMILES string of the molecule is N#C/C=C(\O)C1CCCCC1. The minimum Gasteiger partial charge on any atom is -0.511 e. The molecule has 0 aromatic rings. The van der Waals surface area contributed by atoms with Gasteiger partial charge >= 0.3 is 0 Å². The fourth-order valence-electron chi connectivity index (χ4n) is 1.58. The van der Waals surface area contributed by atoms with E-state index in [1.165, 1.54) is 25.3 Å². The lowest BCUT2D eigenvalue weighted by Gasteiger charge is -2.19. The molecule has 0 atom stereocenters. The molecule has 0 aromatic carbocycles. The van der Waals surface area contributed by atoms with Crippen LogP contribution in [0.2, 0.25) is 0 Å². The number of hydrogen-bond donors (Lipinski definition) is 1. The van der Waals surface area contributed by atoms with E-state index in [1.54, 1.807) is 0 Å². The number of nitriles is 1. The van der Waals surface area contributed by atoms with Gasteiger partial charge in [-0.05, 0) is 12.8 Å². The van der Waals surface area contributed by atoms with Gasteiger partial charge < -0.3 is 5.11 Å². The van der Waals surface area contributed by atoms with Crippen LogP contribution in [-0.2, 0) is 0 Å². The van der Waals surface area contributed by atoms with Crippen molar-refractivity contribution >= 4 is 0 Å². The third-order valence-electron chi connectivity index (χ3n) is 2.24. The normalized spacial score (nSPS) is 21.2. The largest absolute Gasteiger partial charge is 0.511 e. The summed E-state index contributed by atoms with van der Waals surface area (Å²) in [6.07, 6.45) is 7.00. The lowest BCUT2D eigenvalue weighted by atomic mass is 9.88. The predicted molar refractivity (Wildman–Crippen MR) is 42.9 cm³/mol. The van der Waals surface area contributed by atoms with Crippen LogP contribution in [0.5, 0.6) is 0 Å². The fraction of sp³-hybridized carbons (Fsp3) is 0.667. The molecule has 11 heavy (non-hydrogen) atoms. The van der Waals surface area contributed by atoms with E-state index < -0.39 is 0 Å². The fourth-order valence-corrected chi connectivity index (χ4v) is 1.58. The summed E-state index contributed by atoms with van der Waals surface area (Å²) in [5.74, 6) is 0.551. The van der Waals surface area contributed by atoms with Gasteiger partial charge in [-0.2, -0.15) is 5.26 Å². The van der Waals surface area contributed by atoms with Gasteiger partial charge in [-0.15, -0.1) is 0 Å². The van der Waals surface area contributed by atoms with Crippen molar-refractivity contribution in [1.29, 1.82) is 5.26 Å². The van der Waals surface area contributed by atoms with Crippen molar-refractivity contribution in [3.8, 4) is 6.07 Å².